The van der Waals surface area contributed by atoms with Crippen LogP contribution in [0.1, 0.15) is 43.0 Å². The van der Waals surface area contributed by atoms with E-state index in [-0.39, 0.29) is 23.7 Å². The van der Waals surface area contributed by atoms with Gasteiger partial charge in [0.2, 0.25) is 0 Å². The molecule has 0 radical (unpaired) electrons. The molecule has 7 heteroatoms. The van der Waals surface area contributed by atoms with Crippen molar-refractivity contribution in [2.24, 2.45) is 16.8 Å². The fourth-order valence-corrected chi connectivity index (χ4v) is 3.90. The number of aliphatic imine (C=N–C) groups is 1. The zero-order valence-corrected chi connectivity index (χ0v) is 18.3. The number of esters is 1. The Labute approximate surface area is 186 Å². The van der Waals surface area contributed by atoms with Gasteiger partial charge in [0.1, 0.15) is 18.2 Å². The number of carbonyl (C=O) groups is 2. The Morgan fingerprint density at radius 3 is 2.81 bits per heavy atom. The van der Waals surface area contributed by atoms with Crippen LogP contribution in [-0.2, 0) is 32.2 Å². The number of ether oxygens (including phenoxy) is 2. The Balaban J connectivity index is 1.57. The highest BCUT2D eigenvalue weighted by Gasteiger charge is 2.32. The van der Waals surface area contributed by atoms with E-state index < -0.39 is 5.82 Å². The molecule has 0 fully saturated rings. The average Bonchev–Trinajstić information content (AvgIpc) is 3.30. The van der Waals surface area contributed by atoms with Gasteiger partial charge in [-0.1, -0.05) is 26.0 Å². The van der Waals surface area contributed by atoms with Crippen LogP contribution in [0.4, 0.5) is 10.1 Å². The first-order valence-electron chi connectivity index (χ1n) is 10.7. The van der Waals surface area contributed by atoms with Crippen LogP contribution in [-0.4, -0.2) is 24.7 Å². The number of nitrogens with zero attached hydrogens (tertiary/aromatic N) is 1. The van der Waals surface area contributed by atoms with Gasteiger partial charge in [-0.15, -0.1) is 0 Å². The second-order valence-electron chi connectivity index (χ2n) is 8.14. The number of benzene rings is 2. The van der Waals surface area contributed by atoms with Crippen LogP contribution in [0.3, 0.4) is 0 Å². The van der Waals surface area contributed by atoms with Gasteiger partial charge in [0.15, 0.2) is 0 Å². The van der Waals surface area contributed by atoms with Crippen LogP contribution in [0.15, 0.2) is 41.4 Å². The van der Waals surface area contributed by atoms with Crippen molar-refractivity contribution in [1.29, 1.82) is 0 Å². The molecule has 0 spiro atoms. The van der Waals surface area contributed by atoms with Crippen molar-refractivity contribution in [3.8, 4) is 0 Å². The maximum Gasteiger partial charge on any atom is 0.314 e. The van der Waals surface area contributed by atoms with Crippen molar-refractivity contribution in [2.75, 3.05) is 11.9 Å². The van der Waals surface area contributed by atoms with Gasteiger partial charge in [-0.05, 0) is 42.7 Å². The summed E-state index contributed by atoms with van der Waals surface area (Å²) in [6, 6.07) is 10.00. The number of amides is 1. The number of anilines is 1. The maximum atomic E-state index is 13.8. The molecule has 0 saturated carbocycles. The molecule has 2 aromatic rings. The van der Waals surface area contributed by atoms with Gasteiger partial charge < -0.3 is 14.8 Å². The van der Waals surface area contributed by atoms with Crippen molar-refractivity contribution in [1.82, 2.24) is 0 Å². The highest BCUT2D eigenvalue weighted by Crippen LogP contribution is 2.41. The molecule has 4 rings (SSSR count). The van der Waals surface area contributed by atoms with Gasteiger partial charge in [0, 0.05) is 28.6 Å². The first-order chi connectivity index (χ1) is 15.4. The maximum absolute atomic E-state index is 13.8. The highest BCUT2D eigenvalue weighted by atomic mass is 19.1. The molecule has 2 heterocycles. The van der Waals surface area contributed by atoms with E-state index in [1.807, 2.05) is 32.0 Å². The van der Waals surface area contributed by atoms with Crippen LogP contribution in [0.2, 0.25) is 0 Å². The number of rotatable bonds is 6. The zero-order valence-electron chi connectivity index (χ0n) is 18.3. The first kappa shape index (κ1) is 21.7. The third-order valence-electron chi connectivity index (χ3n) is 5.56. The number of nitrogens with one attached hydrogen (secondary N) is 1. The second-order valence-corrected chi connectivity index (χ2v) is 8.14. The summed E-state index contributed by atoms with van der Waals surface area (Å²) in [5, 5.41) is 2.76. The zero-order chi connectivity index (χ0) is 22.8. The molecule has 0 aromatic heterocycles. The Morgan fingerprint density at radius 1 is 1.25 bits per heavy atom. The van der Waals surface area contributed by atoms with Crippen molar-refractivity contribution >= 4 is 35.1 Å². The predicted octanol–water partition coefficient (Wildman–Crippen LogP) is 4.58. The predicted molar refractivity (Wildman–Crippen MR) is 120 cm³/mol. The molecule has 0 aliphatic carbocycles. The van der Waals surface area contributed by atoms with Crippen LogP contribution >= 0.6 is 0 Å². The van der Waals surface area contributed by atoms with Gasteiger partial charge in [-0.25, -0.2) is 4.39 Å². The van der Waals surface area contributed by atoms with Crippen molar-refractivity contribution in [3.05, 3.63) is 64.5 Å². The number of hydrogen-bond donors (Lipinski definition) is 1. The Kier molecular flexibility index (Phi) is 6.08. The largest absolute Gasteiger partial charge is 0.487 e. The topological polar surface area (TPSA) is 77.0 Å². The lowest BCUT2D eigenvalue weighted by atomic mass is 9.97. The summed E-state index contributed by atoms with van der Waals surface area (Å²) in [6.45, 7) is 6.77. The molecule has 1 unspecified atom stereocenters. The van der Waals surface area contributed by atoms with Crippen molar-refractivity contribution < 1.29 is 23.5 Å². The number of hydrogen-bond acceptors (Lipinski definition) is 5. The molecule has 1 amide bonds. The summed E-state index contributed by atoms with van der Waals surface area (Å²) in [5.74, 6) is -0.820. The lowest BCUT2D eigenvalue weighted by molar-refractivity contribution is -0.146. The third kappa shape index (κ3) is 4.15. The standard InChI is InChI=1S/C25H25FN2O4/c1-4-31-25(30)20(14(2)3)12-27-11-15-5-7-18-16(9-15)13-32-23(18)22-19-10-17(26)6-8-21(19)28-24(22)29/h5-10,12,14,20H,4,11,13H2,1-3H3,(H,28,29). The molecule has 2 aliphatic heterocycles. The van der Waals surface area contributed by atoms with E-state index in [0.717, 1.165) is 16.7 Å². The van der Waals surface area contributed by atoms with E-state index in [0.29, 0.717) is 42.3 Å². The molecular weight excluding hydrogens is 411 g/mol. The molecule has 32 heavy (non-hydrogen) atoms. The number of fused-ring (bicyclic) bond motifs is 2. The smallest absolute Gasteiger partial charge is 0.314 e. The fourth-order valence-electron chi connectivity index (χ4n) is 3.90. The minimum absolute atomic E-state index is 0.0886. The quantitative estimate of drug-likeness (QED) is 0.408. The highest BCUT2D eigenvalue weighted by molar-refractivity contribution is 6.36. The minimum Gasteiger partial charge on any atom is -0.487 e. The second kappa shape index (κ2) is 8.94. The fraction of sp³-hybridized carbons (Fsp3) is 0.320. The van der Waals surface area contributed by atoms with Gasteiger partial charge in [0.05, 0.1) is 24.6 Å². The van der Waals surface area contributed by atoms with Gasteiger partial charge >= 0.3 is 5.97 Å². The lowest BCUT2D eigenvalue weighted by Crippen LogP contribution is -2.24. The monoisotopic (exact) mass is 436 g/mol. The van der Waals surface area contributed by atoms with Crippen molar-refractivity contribution in [3.63, 3.8) is 0 Å². The normalized spacial score (nSPS) is 17.8. The summed E-state index contributed by atoms with van der Waals surface area (Å²) in [6.07, 6.45) is 1.66. The third-order valence-corrected chi connectivity index (χ3v) is 5.56. The summed E-state index contributed by atoms with van der Waals surface area (Å²) in [7, 11) is 0. The average molecular weight is 436 g/mol. The van der Waals surface area contributed by atoms with Gasteiger partial charge in [-0.2, -0.15) is 0 Å². The SMILES string of the molecule is CCOC(=O)C(C=NCc1ccc2c(c1)COC2=C1C(=O)Nc2ccc(F)cc21)C(C)C. The van der Waals surface area contributed by atoms with E-state index in [1.165, 1.54) is 12.1 Å². The summed E-state index contributed by atoms with van der Waals surface area (Å²) in [5.41, 5.74) is 4.13. The van der Waals surface area contributed by atoms with Crippen molar-refractivity contribution in [2.45, 2.75) is 33.9 Å². The van der Waals surface area contributed by atoms with E-state index in [2.05, 4.69) is 10.3 Å². The minimum atomic E-state index is -0.410. The lowest BCUT2D eigenvalue weighted by Gasteiger charge is -2.14. The molecule has 0 bridgehead atoms. The van der Waals surface area contributed by atoms with Crippen LogP contribution in [0.25, 0.3) is 11.3 Å². The molecule has 0 saturated heterocycles. The number of halogens is 1. The summed E-state index contributed by atoms with van der Waals surface area (Å²) >= 11 is 0. The Bertz CT molecular complexity index is 1140. The molecule has 1 atom stereocenters. The van der Waals surface area contributed by atoms with Gasteiger partial charge in [0.25, 0.3) is 5.91 Å². The van der Waals surface area contributed by atoms with E-state index in [9.17, 15) is 14.0 Å². The molecule has 1 N–H and O–H groups in total. The Morgan fingerprint density at radius 2 is 2.06 bits per heavy atom. The molecule has 2 aliphatic rings. The summed E-state index contributed by atoms with van der Waals surface area (Å²) in [4.78, 5) is 29.1. The van der Waals surface area contributed by atoms with E-state index in [1.54, 1.807) is 19.2 Å². The molecule has 2 aromatic carbocycles. The first-order valence-corrected chi connectivity index (χ1v) is 10.7. The van der Waals surface area contributed by atoms with Crippen LogP contribution < -0.4 is 5.32 Å². The molecular formula is C25H25FN2O4. The van der Waals surface area contributed by atoms with Crippen LogP contribution in [0.5, 0.6) is 0 Å². The van der Waals surface area contributed by atoms with Gasteiger partial charge in [-0.3, -0.25) is 14.6 Å². The Hall–Kier alpha value is -3.48. The molecule has 6 nitrogen and oxygen atoms in total. The summed E-state index contributed by atoms with van der Waals surface area (Å²) < 4.78 is 24.8. The van der Waals surface area contributed by atoms with Crippen LogP contribution in [0, 0.1) is 17.7 Å². The number of carbonyl (C=O) groups excluding carboxylic acids is 2. The van der Waals surface area contributed by atoms with E-state index >= 15 is 0 Å². The van der Waals surface area contributed by atoms with E-state index in [4.69, 9.17) is 9.47 Å². The molecule has 166 valence electrons.